The van der Waals surface area contributed by atoms with E-state index in [0.29, 0.717) is 12.0 Å². The predicted molar refractivity (Wildman–Crippen MR) is 39.8 cm³/mol. The van der Waals surface area contributed by atoms with Crippen LogP contribution in [-0.2, 0) is 4.74 Å². The van der Waals surface area contributed by atoms with Crippen molar-refractivity contribution in [1.82, 2.24) is 0 Å². The zero-order valence-electron chi connectivity index (χ0n) is 6.87. The number of hydrogen-bond donors (Lipinski definition) is 1. The third-order valence-electron chi connectivity index (χ3n) is 2.33. The van der Waals surface area contributed by atoms with Gasteiger partial charge in [-0.25, -0.2) is 0 Å². The third-order valence-corrected chi connectivity index (χ3v) is 2.33. The summed E-state index contributed by atoms with van der Waals surface area (Å²) in [6, 6.07) is 0. The molecule has 0 aromatic heterocycles. The van der Waals surface area contributed by atoms with Crippen LogP contribution in [0, 0.1) is 5.92 Å². The lowest BCUT2D eigenvalue weighted by molar-refractivity contribution is -0.0230. The first-order valence-corrected chi connectivity index (χ1v) is 3.94. The molecule has 0 amide bonds. The average Bonchev–Trinajstić information content (AvgIpc) is 2.13. The molecule has 0 aromatic rings. The fourth-order valence-electron chi connectivity index (χ4n) is 1.33. The monoisotopic (exact) mass is 144 g/mol. The number of hydrogen-bond acceptors (Lipinski definition) is 2. The van der Waals surface area contributed by atoms with Gasteiger partial charge in [0.25, 0.3) is 0 Å². The zero-order valence-corrected chi connectivity index (χ0v) is 6.87. The van der Waals surface area contributed by atoms with Crippen molar-refractivity contribution in [2.24, 2.45) is 5.92 Å². The van der Waals surface area contributed by atoms with Gasteiger partial charge in [-0.15, -0.1) is 0 Å². The Morgan fingerprint density at radius 1 is 1.50 bits per heavy atom. The lowest BCUT2D eigenvalue weighted by atomic mass is 10.0. The van der Waals surface area contributed by atoms with Crippen LogP contribution in [0.5, 0.6) is 0 Å². The first kappa shape index (κ1) is 8.02. The predicted octanol–water partition coefficient (Wildman–Crippen LogP) is 1.18. The quantitative estimate of drug-likeness (QED) is 0.599. The maximum absolute atomic E-state index is 9.16. The Morgan fingerprint density at radius 3 is 2.30 bits per heavy atom. The van der Waals surface area contributed by atoms with Crippen LogP contribution >= 0.6 is 0 Å². The van der Waals surface area contributed by atoms with Crippen molar-refractivity contribution >= 4 is 0 Å². The topological polar surface area (TPSA) is 29.5 Å². The Hall–Kier alpha value is -0.0800. The summed E-state index contributed by atoms with van der Waals surface area (Å²) in [7, 11) is 0. The van der Waals surface area contributed by atoms with Gasteiger partial charge >= 0.3 is 0 Å². The van der Waals surface area contributed by atoms with Crippen molar-refractivity contribution in [2.75, 3.05) is 0 Å². The fraction of sp³-hybridized carbons (Fsp3) is 1.00. The van der Waals surface area contributed by atoms with Gasteiger partial charge in [0, 0.05) is 0 Å². The van der Waals surface area contributed by atoms with E-state index in [0.717, 1.165) is 6.42 Å². The molecule has 0 spiro atoms. The molecule has 4 atom stereocenters. The van der Waals surface area contributed by atoms with E-state index in [1.165, 1.54) is 0 Å². The van der Waals surface area contributed by atoms with Gasteiger partial charge in [0.1, 0.15) is 0 Å². The lowest BCUT2D eigenvalue weighted by Crippen LogP contribution is -2.22. The van der Waals surface area contributed by atoms with Crippen LogP contribution in [-0.4, -0.2) is 23.4 Å². The molecule has 10 heavy (non-hydrogen) atoms. The fourth-order valence-corrected chi connectivity index (χ4v) is 1.33. The Morgan fingerprint density at radius 2 is 2.10 bits per heavy atom. The van der Waals surface area contributed by atoms with E-state index in [1.54, 1.807) is 6.92 Å². The highest BCUT2D eigenvalue weighted by Crippen LogP contribution is 2.27. The molecule has 1 aliphatic rings. The molecule has 1 rings (SSSR count). The molecule has 0 saturated carbocycles. The van der Waals surface area contributed by atoms with Crippen molar-refractivity contribution in [2.45, 2.75) is 45.5 Å². The van der Waals surface area contributed by atoms with Crippen molar-refractivity contribution in [1.29, 1.82) is 0 Å². The Labute approximate surface area is 62.2 Å². The molecule has 1 aliphatic heterocycles. The lowest BCUT2D eigenvalue weighted by Gasteiger charge is -2.12. The largest absolute Gasteiger partial charge is 0.391 e. The molecule has 0 radical (unpaired) electrons. The van der Waals surface area contributed by atoms with E-state index in [-0.39, 0.29) is 12.2 Å². The first-order chi connectivity index (χ1) is 4.61. The van der Waals surface area contributed by atoms with Crippen LogP contribution in [0.15, 0.2) is 0 Å². The molecule has 0 aliphatic carbocycles. The number of aliphatic hydroxyl groups excluding tert-OH is 1. The normalized spacial score (nSPS) is 43.8. The molecule has 1 heterocycles. The number of aliphatic hydroxyl groups is 1. The molecule has 1 saturated heterocycles. The van der Waals surface area contributed by atoms with Crippen LogP contribution in [0.25, 0.3) is 0 Å². The molecular formula is C8H16O2. The van der Waals surface area contributed by atoms with Crippen LogP contribution in [0.1, 0.15) is 27.2 Å². The van der Waals surface area contributed by atoms with Gasteiger partial charge in [-0.1, -0.05) is 6.92 Å². The maximum atomic E-state index is 9.16. The smallest absolute Gasteiger partial charge is 0.0838 e. The summed E-state index contributed by atoms with van der Waals surface area (Å²) in [6.45, 7) is 6.01. The summed E-state index contributed by atoms with van der Waals surface area (Å²) in [6.07, 6.45) is 1.08. The SMILES string of the molecule is CC(O)C1CC(C)C(C)O1. The highest BCUT2D eigenvalue weighted by atomic mass is 16.5. The Kier molecular flexibility index (Phi) is 2.32. The highest BCUT2D eigenvalue weighted by Gasteiger charge is 2.31. The molecule has 0 aromatic carbocycles. The summed E-state index contributed by atoms with van der Waals surface area (Å²) >= 11 is 0. The Bertz CT molecular complexity index is 102. The summed E-state index contributed by atoms with van der Waals surface area (Å²) in [5.41, 5.74) is 0. The van der Waals surface area contributed by atoms with Gasteiger partial charge in [0.05, 0.1) is 18.3 Å². The minimum absolute atomic E-state index is 0.0741. The van der Waals surface area contributed by atoms with E-state index in [4.69, 9.17) is 9.84 Å². The molecule has 2 nitrogen and oxygen atoms in total. The van der Waals surface area contributed by atoms with E-state index in [2.05, 4.69) is 13.8 Å². The number of ether oxygens (including phenoxy) is 1. The van der Waals surface area contributed by atoms with Gasteiger partial charge in [-0.2, -0.15) is 0 Å². The molecule has 1 fully saturated rings. The van der Waals surface area contributed by atoms with E-state index in [1.807, 2.05) is 0 Å². The summed E-state index contributed by atoms with van der Waals surface area (Å²) < 4.78 is 5.48. The van der Waals surface area contributed by atoms with E-state index < -0.39 is 0 Å². The standard InChI is InChI=1S/C8H16O2/c1-5-4-8(6(2)9)10-7(5)3/h5-9H,4H2,1-3H3. The molecule has 60 valence electrons. The van der Waals surface area contributed by atoms with Gasteiger partial charge in [-0.05, 0) is 26.2 Å². The second-order valence-corrected chi connectivity index (χ2v) is 3.33. The average molecular weight is 144 g/mol. The Balaban J connectivity index is 2.41. The summed E-state index contributed by atoms with van der Waals surface area (Å²) in [4.78, 5) is 0. The van der Waals surface area contributed by atoms with Crippen LogP contribution in [0.4, 0.5) is 0 Å². The highest BCUT2D eigenvalue weighted by molar-refractivity contribution is 4.79. The van der Waals surface area contributed by atoms with Gasteiger partial charge < -0.3 is 9.84 Å². The first-order valence-electron chi connectivity index (χ1n) is 3.94. The second-order valence-electron chi connectivity index (χ2n) is 3.33. The summed E-state index contributed by atoms with van der Waals surface area (Å²) in [5, 5.41) is 9.16. The van der Waals surface area contributed by atoms with Gasteiger partial charge in [-0.3, -0.25) is 0 Å². The third kappa shape index (κ3) is 1.50. The molecular weight excluding hydrogens is 128 g/mol. The van der Waals surface area contributed by atoms with E-state index >= 15 is 0 Å². The minimum atomic E-state index is -0.313. The molecule has 1 N–H and O–H groups in total. The van der Waals surface area contributed by atoms with Gasteiger partial charge in [0.15, 0.2) is 0 Å². The number of rotatable bonds is 1. The molecule has 0 bridgehead atoms. The molecule has 2 heteroatoms. The van der Waals surface area contributed by atoms with Crippen molar-refractivity contribution in [3.8, 4) is 0 Å². The summed E-state index contributed by atoms with van der Waals surface area (Å²) in [5.74, 6) is 0.597. The van der Waals surface area contributed by atoms with E-state index in [9.17, 15) is 0 Å². The second kappa shape index (κ2) is 2.89. The van der Waals surface area contributed by atoms with Crippen molar-refractivity contribution < 1.29 is 9.84 Å². The van der Waals surface area contributed by atoms with Crippen molar-refractivity contribution in [3.63, 3.8) is 0 Å². The van der Waals surface area contributed by atoms with Crippen molar-refractivity contribution in [3.05, 3.63) is 0 Å². The molecule has 4 unspecified atom stereocenters. The minimum Gasteiger partial charge on any atom is -0.391 e. The zero-order chi connectivity index (χ0) is 7.72. The van der Waals surface area contributed by atoms with Crippen LogP contribution in [0.2, 0.25) is 0 Å². The van der Waals surface area contributed by atoms with Gasteiger partial charge in [0.2, 0.25) is 0 Å². The van der Waals surface area contributed by atoms with Crippen LogP contribution < -0.4 is 0 Å². The van der Waals surface area contributed by atoms with Crippen LogP contribution in [0.3, 0.4) is 0 Å². The maximum Gasteiger partial charge on any atom is 0.0838 e.